The third kappa shape index (κ3) is 5.50. The lowest BCUT2D eigenvalue weighted by Gasteiger charge is -2.29. The first-order chi connectivity index (χ1) is 13.4. The molecule has 0 spiro atoms. The fourth-order valence-corrected chi connectivity index (χ4v) is 4.90. The van der Waals surface area contributed by atoms with Crippen LogP contribution in [0.1, 0.15) is 57.1 Å². The summed E-state index contributed by atoms with van der Waals surface area (Å²) < 4.78 is 5.47. The van der Waals surface area contributed by atoms with E-state index in [2.05, 4.69) is 15.1 Å². The summed E-state index contributed by atoms with van der Waals surface area (Å²) in [5, 5.41) is 3.82. The Labute approximate surface area is 164 Å². The summed E-state index contributed by atoms with van der Waals surface area (Å²) in [4.78, 5) is 10.2. The van der Waals surface area contributed by atoms with Crippen molar-refractivity contribution in [1.29, 1.82) is 0 Å². The Bertz CT molecular complexity index is 573. The van der Waals surface area contributed by atoms with Gasteiger partial charge >= 0.3 is 0 Å². The first kappa shape index (κ1) is 18.9. The highest BCUT2D eigenvalue weighted by atomic mass is 16.3. The summed E-state index contributed by atoms with van der Waals surface area (Å²) >= 11 is 0. The van der Waals surface area contributed by atoms with Crippen molar-refractivity contribution in [2.24, 2.45) is 10.9 Å². The molecule has 5 nitrogen and oxygen atoms in total. The van der Waals surface area contributed by atoms with Crippen molar-refractivity contribution in [2.45, 2.75) is 63.8 Å². The molecule has 2 saturated heterocycles. The van der Waals surface area contributed by atoms with E-state index in [-0.39, 0.29) is 0 Å². The summed E-state index contributed by atoms with van der Waals surface area (Å²) in [5.41, 5.74) is 0. The van der Waals surface area contributed by atoms with E-state index in [1.54, 1.807) is 6.26 Å². The number of aliphatic imine (C=N–C) groups is 1. The van der Waals surface area contributed by atoms with Crippen LogP contribution in [0.4, 0.5) is 0 Å². The van der Waals surface area contributed by atoms with Gasteiger partial charge in [-0.05, 0) is 63.2 Å². The zero-order chi connectivity index (χ0) is 18.3. The monoisotopic (exact) mass is 372 g/mol. The molecule has 0 radical (unpaired) electrons. The second kappa shape index (κ2) is 9.63. The Hall–Kier alpha value is -1.49. The SMILES string of the molecule is c1coc(CCN=C(NC2CCCCC2)N2CCC(CN3CCCC3)C2)c1. The van der Waals surface area contributed by atoms with Crippen LogP contribution in [0.2, 0.25) is 0 Å². The van der Waals surface area contributed by atoms with Gasteiger partial charge in [0.25, 0.3) is 0 Å². The van der Waals surface area contributed by atoms with Crippen LogP contribution >= 0.6 is 0 Å². The van der Waals surface area contributed by atoms with E-state index in [1.165, 1.54) is 71.0 Å². The van der Waals surface area contributed by atoms with Crippen molar-refractivity contribution in [3.63, 3.8) is 0 Å². The number of hydrogen-bond donors (Lipinski definition) is 1. The molecule has 3 fully saturated rings. The number of likely N-dealkylation sites (tertiary alicyclic amines) is 2. The van der Waals surface area contributed by atoms with Crippen molar-refractivity contribution >= 4 is 5.96 Å². The van der Waals surface area contributed by atoms with E-state index in [1.807, 2.05) is 12.1 Å². The van der Waals surface area contributed by atoms with Crippen molar-refractivity contribution in [1.82, 2.24) is 15.1 Å². The molecule has 3 heterocycles. The molecule has 1 saturated carbocycles. The lowest BCUT2D eigenvalue weighted by Crippen LogP contribution is -2.46. The highest BCUT2D eigenvalue weighted by Crippen LogP contribution is 2.22. The van der Waals surface area contributed by atoms with Gasteiger partial charge < -0.3 is 19.5 Å². The fourth-order valence-electron chi connectivity index (χ4n) is 4.90. The minimum atomic E-state index is 0.610. The number of guanidine groups is 1. The van der Waals surface area contributed by atoms with Crippen molar-refractivity contribution in [3.05, 3.63) is 24.2 Å². The van der Waals surface area contributed by atoms with E-state index in [9.17, 15) is 0 Å². The average molecular weight is 373 g/mol. The van der Waals surface area contributed by atoms with Gasteiger partial charge in [0, 0.05) is 38.6 Å². The summed E-state index contributed by atoms with van der Waals surface area (Å²) in [6.07, 6.45) is 13.4. The second-order valence-corrected chi connectivity index (χ2v) is 8.62. The molecule has 1 aromatic rings. The maximum absolute atomic E-state index is 5.47. The molecule has 2 aliphatic heterocycles. The molecule has 150 valence electrons. The van der Waals surface area contributed by atoms with Gasteiger partial charge in [0.1, 0.15) is 5.76 Å². The predicted octanol–water partition coefficient (Wildman–Crippen LogP) is 3.52. The molecule has 1 aromatic heterocycles. The van der Waals surface area contributed by atoms with Crippen molar-refractivity contribution < 1.29 is 4.42 Å². The topological polar surface area (TPSA) is 44.0 Å². The molecule has 0 aromatic carbocycles. The van der Waals surface area contributed by atoms with Gasteiger partial charge in [-0.2, -0.15) is 0 Å². The zero-order valence-corrected chi connectivity index (χ0v) is 16.7. The molecule has 4 rings (SSSR count). The van der Waals surface area contributed by atoms with Gasteiger partial charge in [-0.3, -0.25) is 4.99 Å². The molecule has 1 N–H and O–H groups in total. The summed E-state index contributed by atoms with van der Waals surface area (Å²) in [6.45, 7) is 7.00. The normalized spacial score (nSPS) is 25.4. The lowest BCUT2D eigenvalue weighted by molar-refractivity contribution is 0.280. The average Bonchev–Trinajstić information content (AvgIpc) is 3.45. The number of rotatable bonds is 6. The van der Waals surface area contributed by atoms with Gasteiger partial charge in [-0.1, -0.05) is 19.3 Å². The van der Waals surface area contributed by atoms with Gasteiger partial charge in [-0.25, -0.2) is 0 Å². The van der Waals surface area contributed by atoms with Gasteiger partial charge in [0.2, 0.25) is 0 Å². The Morgan fingerprint density at radius 2 is 1.93 bits per heavy atom. The summed E-state index contributed by atoms with van der Waals surface area (Å²) in [5.74, 6) is 2.98. The van der Waals surface area contributed by atoms with Crippen molar-refractivity contribution in [3.8, 4) is 0 Å². The minimum absolute atomic E-state index is 0.610. The highest BCUT2D eigenvalue weighted by Gasteiger charge is 2.28. The maximum atomic E-state index is 5.47. The second-order valence-electron chi connectivity index (χ2n) is 8.62. The van der Waals surface area contributed by atoms with Crippen LogP contribution in [-0.4, -0.2) is 61.1 Å². The first-order valence-corrected chi connectivity index (χ1v) is 11.2. The van der Waals surface area contributed by atoms with Gasteiger partial charge in [0.05, 0.1) is 6.26 Å². The van der Waals surface area contributed by atoms with Crippen molar-refractivity contribution in [2.75, 3.05) is 39.3 Å². The smallest absolute Gasteiger partial charge is 0.194 e. The van der Waals surface area contributed by atoms with E-state index >= 15 is 0 Å². The number of nitrogens with zero attached hydrogens (tertiary/aromatic N) is 3. The zero-order valence-electron chi connectivity index (χ0n) is 16.7. The predicted molar refractivity (Wildman–Crippen MR) is 110 cm³/mol. The van der Waals surface area contributed by atoms with Gasteiger partial charge in [-0.15, -0.1) is 0 Å². The third-order valence-corrected chi connectivity index (χ3v) is 6.44. The Morgan fingerprint density at radius 3 is 2.70 bits per heavy atom. The van der Waals surface area contributed by atoms with E-state index < -0.39 is 0 Å². The standard InChI is InChI=1S/C22H36N4O/c1-2-7-20(8-3-1)24-22(23-12-10-21-9-6-16-27-21)26-15-11-19(18-26)17-25-13-4-5-14-25/h6,9,16,19-20H,1-5,7-8,10-15,17-18H2,(H,23,24). The van der Waals surface area contributed by atoms with Crippen LogP contribution in [0.3, 0.4) is 0 Å². The number of furan rings is 1. The Balaban J connectivity index is 1.34. The largest absolute Gasteiger partial charge is 0.469 e. The maximum Gasteiger partial charge on any atom is 0.194 e. The van der Waals surface area contributed by atoms with Crippen LogP contribution in [-0.2, 0) is 6.42 Å². The molecule has 1 atom stereocenters. The van der Waals surface area contributed by atoms with Crippen LogP contribution in [0.5, 0.6) is 0 Å². The van der Waals surface area contributed by atoms with Crippen LogP contribution in [0.25, 0.3) is 0 Å². The van der Waals surface area contributed by atoms with Gasteiger partial charge in [0.15, 0.2) is 5.96 Å². The lowest BCUT2D eigenvalue weighted by atomic mass is 9.96. The molecule has 27 heavy (non-hydrogen) atoms. The molecule has 1 unspecified atom stereocenters. The molecular weight excluding hydrogens is 336 g/mol. The molecule has 5 heteroatoms. The van der Waals surface area contributed by atoms with Crippen LogP contribution < -0.4 is 5.32 Å². The summed E-state index contributed by atoms with van der Waals surface area (Å²) in [7, 11) is 0. The molecular formula is C22H36N4O. The fraction of sp³-hybridized carbons (Fsp3) is 0.773. The van der Waals surface area contributed by atoms with E-state index in [0.29, 0.717) is 6.04 Å². The summed E-state index contributed by atoms with van der Waals surface area (Å²) in [6, 6.07) is 4.62. The van der Waals surface area contributed by atoms with E-state index in [4.69, 9.17) is 9.41 Å². The Kier molecular flexibility index (Phi) is 6.72. The molecule has 0 bridgehead atoms. The molecule has 1 aliphatic carbocycles. The number of nitrogens with one attached hydrogen (secondary N) is 1. The molecule has 0 amide bonds. The van der Waals surface area contributed by atoms with Crippen LogP contribution in [0.15, 0.2) is 27.8 Å². The first-order valence-electron chi connectivity index (χ1n) is 11.2. The minimum Gasteiger partial charge on any atom is -0.469 e. The van der Waals surface area contributed by atoms with E-state index in [0.717, 1.165) is 43.7 Å². The Morgan fingerprint density at radius 1 is 1.07 bits per heavy atom. The molecule has 3 aliphatic rings. The third-order valence-electron chi connectivity index (χ3n) is 6.44. The quantitative estimate of drug-likeness (QED) is 0.613. The van der Waals surface area contributed by atoms with Crippen LogP contribution in [0, 0.1) is 5.92 Å². The number of hydrogen-bond acceptors (Lipinski definition) is 3. The highest BCUT2D eigenvalue weighted by molar-refractivity contribution is 5.80.